The summed E-state index contributed by atoms with van der Waals surface area (Å²) in [6, 6.07) is 6.47. The first-order chi connectivity index (χ1) is 12.5. The second kappa shape index (κ2) is 8.16. The van der Waals surface area contributed by atoms with Gasteiger partial charge in [0, 0.05) is 18.9 Å². The fraction of sp³-hybridized carbons (Fsp3) is 0.600. The van der Waals surface area contributed by atoms with Crippen molar-refractivity contribution in [1.29, 1.82) is 0 Å². The molecule has 26 heavy (non-hydrogen) atoms. The van der Waals surface area contributed by atoms with Gasteiger partial charge in [0.2, 0.25) is 5.91 Å². The summed E-state index contributed by atoms with van der Waals surface area (Å²) in [5, 5.41) is 10.7. The van der Waals surface area contributed by atoms with Crippen molar-refractivity contribution in [2.45, 2.75) is 58.1 Å². The lowest BCUT2D eigenvalue weighted by atomic mass is 9.73. The minimum Gasteiger partial charge on any atom is -0.392 e. The van der Waals surface area contributed by atoms with Crippen LogP contribution < -0.4 is 10.6 Å². The predicted molar refractivity (Wildman–Crippen MR) is 99.5 cm³/mol. The van der Waals surface area contributed by atoms with E-state index in [0.29, 0.717) is 12.8 Å². The van der Waals surface area contributed by atoms with Crippen molar-refractivity contribution in [3.8, 4) is 0 Å². The van der Waals surface area contributed by atoms with Gasteiger partial charge in [-0.1, -0.05) is 24.2 Å². The summed E-state index contributed by atoms with van der Waals surface area (Å²) in [6.07, 6.45) is 3.72. The SMILES string of the molecule is CC[C@H](C)NC(=O)C1(C[C@@H]2CC(c3ccc(F)cc3)=NO2)CCNCC1. The average Bonchev–Trinajstić information content (AvgIpc) is 3.11. The first-order valence-corrected chi connectivity index (χ1v) is 9.53. The lowest BCUT2D eigenvalue weighted by molar-refractivity contribution is -0.136. The maximum atomic E-state index is 13.1. The van der Waals surface area contributed by atoms with Gasteiger partial charge in [0.15, 0.2) is 0 Å². The molecule has 2 N–H and O–H groups in total. The fourth-order valence-corrected chi connectivity index (χ4v) is 3.69. The minimum absolute atomic E-state index is 0.115. The molecule has 1 aromatic rings. The molecule has 2 aliphatic rings. The fourth-order valence-electron chi connectivity index (χ4n) is 3.69. The molecule has 0 saturated carbocycles. The van der Waals surface area contributed by atoms with Gasteiger partial charge in [0.1, 0.15) is 11.9 Å². The molecule has 1 saturated heterocycles. The zero-order chi connectivity index (χ0) is 18.6. The Balaban J connectivity index is 1.66. The van der Waals surface area contributed by atoms with E-state index in [-0.39, 0.29) is 23.9 Å². The molecule has 2 atom stereocenters. The van der Waals surface area contributed by atoms with Gasteiger partial charge in [0.25, 0.3) is 0 Å². The molecule has 0 bridgehead atoms. The average molecular weight is 361 g/mol. The number of carbonyl (C=O) groups is 1. The number of hydrogen-bond donors (Lipinski definition) is 2. The van der Waals surface area contributed by atoms with E-state index in [1.807, 2.05) is 6.92 Å². The number of amides is 1. The minimum atomic E-state index is -0.410. The number of oxime groups is 1. The lowest BCUT2D eigenvalue weighted by Crippen LogP contribution is -2.51. The standard InChI is InChI=1S/C20H28FN3O2/c1-3-14(2)23-19(25)20(8-10-22-11-9-20)13-17-12-18(24-26-17)15-4-6-16(21)7-5-15/h4-7,14,17,22H,3,8-13H2,1-2H3,(H,23,25)/t14-,17-/m0/s1. The zero-order valence-corrected chi connectivity index (χ0v) is 15.6. The van der Waals surface area contributed by atoms with Crippen LogP contribution in [0.15, 0.2) is 29.4 Å². The van der Waals surface area contributed by atoms with Crippen LogP contribution in [0, 0.1) is 11.2 Å². The summed E-state index contributed by atoms with van der Waals surface area (Å²) in [5.41, 5.74) is 1.28. The maximum absolute atomic E-state index is 13.1. The van der Waals surface area contributed by atoms with Gasteiger partial charge in [-0.05, 0) is 57.0 Å². The molecule has 1 fully saturated rings. The second-order valence-corrected chi connectivity index (χ2v) is 7.49. The van der Waals surface area contributed by atoms with Crippen molar-refractivity contribution in [3.63, 3.8) is 0 Å². The number of piperidine rings is 1. The number of nitrogens with zero attached hydrogens (tertiary/aromatic N) is 1. The summed E-state index contributed by atoms with van der Waals surface area (Å²) in [4.78, 5) is 18.6. The van der Waals surface area contributed by atoms with E-state index in [9.17, 15) is 9.18 Å². The molecule has 0 aromatic heterocycles. The van der Waals surface area contributed by atoms with E-state index >= 15 is 0 Å². The summed E-state index contributed by atoms with van der Waals surface area (Å²) in [5.74, 6) is -0.132. The molecule has 0 spiro atoms. The number of hydrogen-bond acceptors (Lipinski definition) is 4. The Morgan fingerprint density at radius 2 is 2.08 bits per heavy atom. The van der Waals surface area contributed by atoms with Gasteiger partial charge in [-0.3, -0.25) is 4.79 Å². The summed E-state index contributed by atoms with van der Waals surface area (Å²) in [7, 11) is 0. The van der Waals surface area contributed by atoms with Crippen molar-refractivity contribution < 1.29 is 14.0 Å². The first kappa shape index (κ1) is 18.8. The van der Waals surface area contributed by atoms with Gasteiger partial charge in [-0.2, -0.15) is 0 Å². The molecule has 2 heterocycles. The predicted octanol–water partition coefficient (Wildman–Crippen LogP) is 2.99. The molecule has 142 valence electrons. The Kier molecular flexibility index (Phi) is 5.91. The smallest absolute Gasteiger partial charge is 0.226 e. The molecule has 1 amide bonds. The molecule has 6 heteroatoms. The van der Waals surface area contributed by atoms with Crippen LogP contribution >= 0.6 is 0 Å². The van der Waals surface area contributed by atoms with E-state index < -0.39 is 5.41 Å². The number of benzene rings is 1. The Morgan fingerprint density at radius 1 is 1.38 bits per heavy atom. The molecular formula is C20H28FN3O2. The topological polar surface area (TPSA) is 62.7 Å². The van der Waals surface area contributed by atoms with Gasteiger partial charge < -0.3 is 15.5 Å². The maximum Gasteiger partial charge on any atom is 0.226 e. The molecule has 1 aromatic carbocycles. The third-order valence-corrected chi connectivity index (χ3v) is 5.56. The van der Waals surface area contributed by atoms with Crippen molar-refractivity contribution in [2.75, 3.05) is 13.1 Å². The molecule has 0 aliphatic carbocycles. The van der Waals surface area contributed by atoms with Gasteiger partial charge in [-0.25, -0.2) is 4.39 Å². The third-order valence-electron chi connectivity index (χ3n) is 5.56. The van der Waals surface area contributed by atoms with Crippen LogP contribution in [0.3, 0.4) is 0 Å². The number of halogens is 1. The Labute approximate surface area is 154 Å². The zero-order valence-electron chi connectivity index (χ0n) is 15.6. The van der Waals surface area contributed by atoms with Crippen molar-refractivity contribution >= 4 is 11.6 Å². The van der Waals surface area contributed by atoms with E-state index in [0.717, 1.165) is 43.6 Å². The highest BCUT2D eigenvalue weighted by molar-refractivity contribution is 6.01. The van der Waals surface area contributed by atoms with Gasteiger partial charge >= 0.3 is 0 Å². The van der Waals surface area contributed by atoms with Crippen LogP contribution in [0.2, 0.25) is 0 Å². The first-order valence-electron chi connectivity index (χ1n) is 9.53. The summed E-state index contributed by atoms with van der Waals surface area (Å²) >= 11 is 0. The Morgan fingerprint density at radius 3 is 2.73 bits per heavy atom. The number of carbonyl (C=O) groups excluding carboxylic acids is 1. The van der Waals surface area contributed by atoms with Crippen LogP contribution in [0.5, 0.6) is 0 Å². The second-order valence-electron chi connectivity index (χ2n) is 7.49. The van der Waals surface area contributed by atoms with Crippen molar-refractivity contribution in [3.05, 3.63) is 35.6 Å². The van der Waals surface area contributed by atoms with E-state index in [1.165, 1.54) is 12.1 Å². The third kappa shape index (κ3) is 4.23. The molecule has 0 radical (unpaired) electrons. The van der Waals surface area contributed by atoms with E-state index in [1.54, 1.807) is 12.1 Å². The van der Waals surface area contributed by atoms with Crippen LogP contribution in [-0.2, 0) is 9.63 Å². The van der Waals surface area contributed by atoms with Crippen molar-refractivity contribution in [2.24, 2.45) is 10.6 Å². The highest BCUT2D eigenvalue weighted by Gasteiger charge is 2.43. The highest BCUT2D eigenvalue weighted by atomic mass is 19.1. The van der Waals surface area contributed by atoms with Gasteiger partial charge in [0.05, 0.1) is 11.1 Å². The summed E-state index contributed by atoms with van der Waals surface area (Å²) < 4.78 is 13.1. The lowest BCUT2D eigenvalue weighted by Gasteiger charge is -2.38. The Hall–Kier alpha value is -1.95. The van der Waals surface area contributed by atoms with Crippen molar-refractivity contribution in [1.82, 2.24) is 10.6 Å². The van der Waals surface area contributed by atoms with Gasteiger partial charge in [-0.15, -0.1) is 0 Å². The highest BCUT2D eigenvalue weighted by Crippen LogP contribution is 2.37. The number of rotatable bonds is 6. The monoisotopic (exact) mass is 361 g/mol. The van der Waals surface area contributed by atoms with Crippen LogP contribution in [-0.4, -0.2) is 36.9 Å². The largest absolute Gasteiger partial charge is 0.392 e. The molecular weight excluding hydrogens is 333 g/mol. The summed E-state index contributed by atoms with van der Waals surface area (Å²) in [6.45, 7) is 5.79. The Bertz CT molecular complexity index is 654. The van der Waals surface area contributed by atoms with E-state index in [4.69, 9.17) is 4.84 Å². The molecule has 3 rings (SSSR count). The quantitative estimate of drug-likeness (QED) is 0.819. The van der Waals surface area contributed by atoms with Crippen LogP contribution in [0.1, 0.15) is 51.5 Å². The molecule has 5 nitrogen and oxygen atoms in total. The molecule has 0 unspecified atom stereocenters. The normalized spacial score (nSPS) is 23.0. The number of nitrogens with one attached hydrogen (secondary N) is 2. The van der Waals surface area contributed by atoms with E-state index in [2.05, 4.69) is 22.7 Å². The van der Waals surface area contributed by atoms with Crippen LogP contribution in [0.4, 0.5) is 4.39 Å². The van der Waals surface area contributed by atoms with Crippen LogP contribution in [0.25, 0.3) is 0 Å². The molecule has 2 aliphatic heterocycles.